The molecule has 4 saturated carbocycles. The largest absolute Gasteiger partial charge is 0.437 e. The molecule has 0 spiro atoms. The van der Waals surface area contributed by atoms with Gasteiger partial charge in [-0.1, -0.05) is 85.7 Å². The summed E-state index contributed by atoms with van der Waals surface area (Å²) in [5.41, 5.74) is 2.05. The minimum atomic E-state index is -1.83. The lowest BCUT2D eigenvalue weighted by Gasteiger charge is -2.63. The maximum absolute atomic E-state index is 11.0. The Morgan fingerprint density at radius 2 is 1.63 bits per heavy atom. The summed E-state index contributed by atoms with van der Waals surface area (Å²) in [6.07, 6.45) is 16.4. The number of nitrogens with one attached hydrogen (secondary N) is 2. The zero-order valence-electron chi connectivity index (χ0n) is 39.7. The summed E-state index contributed by atoms with van der Waals surface area (Å²) in [4.78, 5) is 13.1. The fraction of sp³-hybridized carbons (Fsp3) is 0.857. The second kappa shape index (κ2) is 21.0. The van der Waals surface area contributed by atoms with E-state index in [1.807, 2.05) is 6.82 Å². The van der Waals surface area contributed by atoms with Gasteiger partial charge in [0.05, 0.1) is 12.7 Å². The average molecular weight is 832 g/mol. The van der Waals surface area contributed by atoms with Crippen molar-refractivity contribution >= 4 is 29.0 Å². The molecule has 1 aromatic rings. The number of benzene rings is 1. The molecule has 5 rings (SSSR count). The van der Waals surface area contributed by atoms with Crippen LogP contribution in [-0.4, -0.2) is 83.3 Å². The number of unbranched alkanes of at least 4 members (excludes halogenated alkanes) is 1. The molecular weight excluding hydrogens is 744 g/mol. The van der Waals surface area contributed by atoms with Crippen molar-refractivity contribution < 1.29 is 19.0 Å². The molecule has 332 valence electrons. The Labute approximate surface area is 365 Å². The lowest BCUT2D eigenvalue weighted by atomic mass is 9.43. The van der Waals surface area contributed by atoms with E-state index in [0.29, 0.717) is 59.3 Å². The zero-order valence-corrected chi connectivity index (χ0v) is 40.7. The average Bonchev–Trinajstić information content (AvgIpc) is 3.53. The van der Waals surface area contributed by atoms with Gasteiger partial charge in [0, 0.05) is 18.7 Å². The van der Waals surface area contributed by atoms with E-state index in [1.165, 1.54) is 69.8 Å². The zero-order chi connectivity index (χ0) is 43.2. The van der Waals surface area contributed by atoms with Crippen LogP contribution in [0.1, 0.15) is 144 Å². The minimum absolute atomic E-state index is 0.234. The van der Waals surface area contributed by atoms with Crippen LogP contribution in [0.5, 0.6) is 0 Å². The van der Waals surface area contributed by atoms with E-state index in [2.05, 4.69) is 114 Å². The fourth-order valence-electron chi connectivity index (χ4n) is 12.7. The summed E-state index contributed by atoms with van der Waals surface area (Å²) < 4.78 is 14.3. The van der Waals surface area contributed by atoms with Gasteiger partial charge in [0.1, 0.15) is 0 Å². The lowest BCUT2D eigenvalue weighted by molar-refractivity contribution is -0.185. The number of amides is 1. The van der Waals surface area contributed by atoms with Crippen molar-refractivity contribution in [3.8, 4) is 0 Å². The predicted molar refractivity (Wildman–Crippen MR) is 251 cm³/mol. The highest BCUT2D eigenvalue weighted by atomic mass is 28.4. The topological polar surface area (TPSA) is 83.1 Å². The van der Waals surface area contributed by atoms with Crippen LogP contribution in [0.3, 0.4) is 0 Å². The summed E-state index contributed by atoms with van der Waals surface area (Å²) in [6.45, 7) is 30.6. The number of hydrogen-bond acceptors (Lipinski definition) is 6. The number of ether oxygens (including phenoxy) is 1. The Morgan fingerprint density at radius 1 is 0.949 bits per heavy atom. The van der Waals surface area contributed by atoms with E-state index in [9.17, 15) is 9.82 Å². The summed E-state index contributed by atoms with van der Waals surface area (Å²) >= 11 is 0. The molecule has 6 unspecified atom stereocenters. The van der Waals surface area contributed by atoms with Crippen molar-refractivity contribution in [2.24, 2.45) is 52.3 Å². The first-order valence-electron chi connectivity index (χ1n) is 24.3. The molecule has 11 atom stereocenters. The third-order valence-electron chi connectivity index (χ3n) is 17.4. The van der Waals surface area contributed by atoms with Gasteiger partial charge >= 0.3 is 7.05 Å². The third kappa shape index (κ3) is 12.1. The maximum atomic E-state index is 11.0. The van der Waals surface area contributed by atoms with E-state index < -0.39 is 21.2 Å². The van der Waals surface area contributed by atoms with Crippen LogP contribution in [0.4, 0.5) is 4.79 Å². The normalized spacial score (nSPS) is 32.0. The van der Waals surface area contributed by atoms with Crippen LogP contribution in [0.2, 0.25) is 25.0 Å². The van der Waals surface area contributed by atoms with Gasteiger partial charge in [0.2, 0.25) is 0 Å². The van der Waals surface area contributed by atoms with Gasteiger partial charge in [0.25, 0.3) is 0 Å². The van der Waals surface area contributed by atoms with Crippen molar-refractivity contribution in [2.75, 3.05) is 26.2 Å². The molecule has 1 aromatic carbocycles. The predicted octanol–water partition coefficient (Wildman–Crippen LogP) is 10.7. The highest BCUT2D eigenvalue weighted by Crippen LogP contribution is 2.69. The second-order valence-corrected chi connectivity index (χ2v) is 27.2. The molecule has 3 N–H and O–H groups in total. The molecule has 2 radical (unpaired) electrons. The summed E-state index contributed by atoms with van der Waals surface area (Å²) in [6, 6.07) is 11.4. The molecule has 0 aromatic heterocycles. The van der Waals surface area contributed by atoms with Crippen molar-refractivity contribution in [1.82, 2.24) is 15.4 Å². The standard InChI is InChI=1S/C49H87B2N3O4Si/c1-35(2)43(58-59(10,11)47(4,5)6)23-20-36(3)40-21-22-41-45-42(25-27-49(40,41)8)48(7)26-24-39(32-38(48)33-44(45)57-34-37-18-13-12-14-19-37)52-29-17-31-54(51(9)56)30-16-15-28-53-46(50)55/h12-14,18-19,35-36,38-45,52,56H,15-17,20-34H2,1-11H3,(H,53,55)/t36-,38?,39-,40+,41?,42?,43?,44?,45?,48-,49+/m0/s1. The first-order chi connectivity index (χ1) is 27.8. The van der Waals surface area contributed by atoms with Gasteiger partial charge in [0.15, 0.2) is 22.0 Å². The molecule has 1 amide bonds. The molecular formula is C49H87B2N3O4Si. The SMILES string of the molecule is [B]C(=O)NCCCCN(CCCN[C@H]1CC[C@@]2(C)C(CC(OCc3ccccc3)C3C2CC[C@@]2(C)C3CC[C@@H]2[C@@H](C)CCC(O[Si](C)(C)C(C)(C)C)C(C)C)C1)B(C)O. The molecule has 4 aliphatic carbocycles. The van der Waals surface area contributed by atoms with Gasteiger partial charge in [-0.3, -0.25) is 4.79 Å². The van der Waals surface area contributed by atoms with E-state index in [-0.39, 0.29) is 5.04 Å². The Kier molecular flexibility index (Phi) is 17.4. The molecule has 0 saturated heterocycles. The summed E-state index contributed by atoms with van der Waals surface area (Å²) in [5.74, 6) is 4.35. The monoisotopic (exact) mass is 832 g/mol. The Balaban J connectivity index is 1.23. The van der Waals surface area contributed by atoms with Gasteiger partial charge < -0.3 is 29.6 Å². The number of nitrogens with zero attached hydrogens (tertiary/aromatic N) is 1. The van der Waals surface area contributed by atoms with Gasteiger partial charge in [-0.15, -0.1) is 0 Å². The number of hydrogen-bond donors (Lipinski definition) is 3. The Morgan fingerprint density at radius 3 is 2.29 bits per heavy atom. The molecule has 0 heterocycles. The summed E-state index contributed by atoms with van der Waals surface area (Å²) in [7, 11) is 2.90. The smallest absolute Gasteiger partial charge is 0.376 e. The maximum Gasteiger partial charge on any atom is 0.376 e. The quantitative estimate of drug-likeness (QED) is 0.0846. The minimum Gasteiger partial charge on any atom is -0.437 e. The first-order valence-corrected chi connectivity index (χ1v) is 27.2. The van der Waals surface area contributed by atoms with E-state index in [1.54, 1.807) is 0 Å². The van der Waals surface area contributed by atoms with Crippen molar-refractivity contribution in [3.63, 3.8) is 0 Å². The first kappa shape index (κ1) is 48.9. The van der Waals surface area contributed by atoms with Crippen LogP contribution in [-0.2, 0) is 15.8 Å². The van der Waals surface area contributed by atoms with E-state index in [0.717, 1.165) is 63.3 Å². The molecule has 10 heteroatoms. The molecule has 7 nitrogen and oxygen atoms in total. The lowest BCUT2D eigenvalue weighted by Crippen LogP contribution is -2.60. The van der Waals surface area contributed by atoms with Crippen molar-refractivity contribution in [2.45, 2.75) is 189 Å². The van der Waals surface area contributed by atoms with Crippen molar-refractivity contribution in [3.05, 3.63) is 35.9 Å². The van der Waals surface area contributed by atoms with Gasteiger partial charge in [-0.05, 0) is 186 Å². The second-order valence-electron chi connectivity index (χ2n) is 22.5. The van der Waals surface area contributed by atoms with Gasteiger partial charge in [-0.25, -0.2) is 0 Å². The molecule has 59 heavy (non-hydrogen) atoms. The molecule has 0 aliphatic heterocycles. The number of rotatable bonds is 21. The van der Waals surface area contributed by atoms with E-state index >= 15 is 0 Å². The van der Waals surface area contributed by atoms with Gasteiger partial charge in [-0.2, -0.15) is 0 Å². The van der Waals surface area contributed by atoms with Crippen LogP contribution < -0.4 is 10.6 Å². The molecule has 4 aliphatic rings. The number of carbonyl (C=O) groups is 1. The number of fused-ring (bicyclic) bond motifs is 5. The Hall–Kier alpha value is -1.16. The molecule has 0 bridgehead atoms. The molecule has 4 fully saturated rings. The van der Waals surface area contributed by atoms with Crippen LogP contribution in [0.15, 0.2) is 30.3 Å². The van der Waals surface area contributed by atoms with Crippen molar-refractivity contribution in [1.29, 1.82) is 0 Å². The van der Waals surface area contributed by atoms with E-state index in [4.69, 9.17) is 17.0 Å². The Bertz CT molecular complexity index is 1450. The highest BCUT2D eigenvalue weighted by molar-refractivity contribution is 6.74. The van der Waals surface area contributed by atoms with Crippen LogP contribution in [0.25, 0.3) is 0 Å². The summed E-state index contributed by atoms with van der Waals surface area (Å²) in [5, 5.41) is 17.3. The fourth-order valence-corrected chi connectivity index (χ4v) is 14.2. The highest BCUT2D eigenvalue weighted by Gasteiger charge is 2.63. The number of carbonyl (C=O) groups excluding carboxylic acids is 1. The van der Waals surface area contributed by atoms with Crippen LogP contribution in [0, 0.1) is 52.3 Å². The third-order valence-corrected chi connectivity index (χ3v) is 21.9. The van der Waals surface area contributed by atoms with Crippen LogP contribution >= 0.6 is 0 Å².